The molecule has 0 aromatic carbocycles. The van der Waals surface area contributed by atoms with Gasteiger partial charge in [-0.3, -0.25) is 0 Å². The maximum Gasteiger partial charge on any atom is 0.117 e. The predicted molar refractivity (Wildman–Crippen MR) is 57.8 cm³/mol. The minimum Gasteiger partial charge on any atom is -0.368 e. The summed E-state index contributed by atoms with van der Waals surface area (Å²) in [5.41, 5.74) is 0. The van der Waals surface area contributed by atoms with Crippen LogP contribution < -0.4 is 0 Å². The van der Waals surface area contributed by atoms with Gasteiger partial charge in [0.05, 0.1) is 0 Å². The molecule has 0 aliphatic carbocycles. The molecule has 2 N–H and O–H groups in total. The molecular formula is C10H15AlN2. The first kappa shape index (κ1) is 12.1. The molecule has 2 heterocycles. The standard InChI is InChI=1S/2C4H5N.C2H5.Al/c2*1-2-4-5-3-1;1-2;/h2*1-5H;1H2,2H3;. The van der Waals surface area contributed by atoms with Crippen LogP contribution in [0.15, 0.2) is 49.1 Å². The minimum atomic E-state index is 1.17. The van der Waals surface area contributed by atoms with E-state index >= 15 is 0 Å². The van der Waals surface area contributed by atoms with Crippen LogP contribution in [0.1, 0.15) is 6.92 Å². The highest BCUT2D eigenvalue weighted by atomic mass is 27.0. The molecule has 0 saturated carbocycles. The first-order chi connectivity index (χ1) is 6.41. The van der Waals surface area contributed by atoms with Gasteiger partial charge in [0, 0.05) is 24.8 Å². The molecule has 2 aromatic rings. The van der Waals surface area contributed by atoms with Crippen LogP contribution in [0, 0.1) is 0 Å². The Morgan fingerprint density at radius 2 is 1.08 bits per heavy atom. The largest absolute Gasteiger partial charge is 0.368 e. The van der Waals surface area contributed by atoms with Crippen molar-refractivity contribution < 1.29 is 0 Å². The summed E-state index contributed by atoms with van der Waals surface area (Å²) in [7, 11) is 0. The van der Waals surface area contributed by atoms with Crippen LogP contribution in [0.2, 0.25) is 5.28 Å². The number of hydrogen-bond acceptors (Lipinski definition) is 0. The minimum absolute atomic E-state index is 1.17. The molecule has 0 atom stereocenters. The smallest absolute Gasteiger partial charge is 0.117 e. The molecule has 0 spiro atoms. The fraction of sp³-hybridized carbons (Fsp3) is 0.200. The van der Waals surface area contributed by atoms with Crippen molar-refractivity contribution in [3.8, 4) is 0 Å². The van der Waals surface area contributed by atoms with Crippen molar-refractivity contribution in [1.29, 1.82) is 0 Å². The lowest BCUT2D eigenvalue weighted by atomic mass is 10.7. The maximum absolute atomic E-state index is 2.86. The molecule has 2 nitrogen and oxygen atoms in total. The Morgan fingerprint density at radius 3 is 1.15 bits per heavy atom. The van der Waals surface area contributed by atoms with Crippen LogP contribution in [-0.2, 0) is 0 Å². The summed E-state index contributed by atoms with van der Waals surface area (Å²) in [5.74, 6) is 0. The number of hydrogen-bond donors (Lipinski definition) is 2. The number of aromatic amines is 2. The van der Waals surface area contributed by atoms with Crippen LogP contribution in [0.25, 0.3) is 0 Å². The second kappa shape index (κ2) is 11.1. The average molecular weight is 190 g/mol. The van der Waals surface area contributed by atoms with Gasteiger partial charge >= 0.3 is 0 Å². The van der Waals surface area contributed by atoms with Crippen LogP contribution in [0.5, 0.6) is 0 Å². The van der Waals surface area contributed by atoms with E-state index in [9.17, 15) is 0 Å². The summed E-state index contributed by atoms with van der Waals surface area (Å²) in [6, 6.07) is 7.78. The van der Waals surface area contributed by atoms with Crippen LogP contribution in [-0.4, -0.2) is 26.3 Å². The molecule has 13 heavy (non-hydrogen) atoms. The lowest BCUT2D eigenvalue weighted by molar-refractivity contribution is 1.41. The zero-order valence-electron chi connectivity index (χ0n) is 7.90. The van der Waals surface area contributed by atoms with Gasteiger partial charge in [-0.1, -0.05) is 6.92 Å². The van der Waals surface area contributed by atoms with Crippen molar-refractivity contribution >= 4 is 16.3 Å². The average Bonchev–Trinajstić information content (AvgIpc) is 2.85. The molecule has 0 aliphatic rings. The third kappa shape index (κ3) is 11.1. The zero-order chi connectivity index (χ0) is 9.78. The quantitative estimate of drug-likeness (QED) is 0.598. The lowest BCUT2D eigenvalue weighted by Gasteiger charge is -1.49. The van der Waals surface area contributed by atoms with Crippen molar-refractivity contribution in [2.45, 2.75) is 12.2 Å². The summed E-state index contributed by atoms with van der Waals surface area (Å²) in [5, 5.41) is 1.17. The second-order valence-electron chi connectivity index (χ2n) is 2.18. The SMILES string of the molecule is C[CH2][Al].c1cc[nH]c1.c1cc[nH]c1. The Kier molecular flexibility index (Phi) is 10.3. The summed E-state index contributed by atoms with van der Waals surface area (Å²) in [4.78, 5) is 5.72. The first-order valence-corrected chi connectivity index (χ1v) is 5.09. The number of H-pyrrole nitrogens is 2. The normalized spacial score (nSPS) is 7.46. The fourth-order valence-corrected chi connectivity index (χ4v) is 0.556. The highest BCUT2D eigenvalue weighted by molar-refractivity contribution is 6.08. The van der Waals surface area contributed by atoms with E-state index in [1.807, 2.05) is 49.1 Å². The van der Waals surface area contributed by atoms with Crippen LogP contribution in [0.3, 0.4) is 0 Å². The topological polar surface area (TPSA) is 31.6 Å². The highest BCUT2D eigenvalue weighted by Crippen LogP contribution is 1.72. The monoisotopic (exact) mass is 190 g/mol. The molecule has 3 heteroatoms. The van der Waals surface area contributed by atoms with Gasteiger partial charge in [0.25, 0.3) is 0 Å². The van der Waals surface area contributed by atoms with E-state index in [1.165, 1.54) is 5.28 Å². The predicted octanol–water partition coefficient (Wildman–Crippen LogP) is 2.62. The Balaban J connectivity index is 0.000000174. The number of nitrogens with one attached hydrogen (secondary N) is 2. The van der Waals surface area contributed by atoms with Crippen molar-refractivity contribution in [3.05, 3.63) is 49.1 Å². The fourth-order valence-electron chi connectivity index (χ4n) is 0.556. The Morgan fingerprint density at radius 1 is 0.846 bits per heavy atom. The summed E-state index contributed by atoms with van der Waals surface area (Å²) >= 11 is 2.58. The molecule has 2 radical (unpaired) electrons. The molecule has 2 aromatic heterocycles. The molecule has 0 fully saturated rings. The van der Waals surface area contributed by atoms with E-state index in [0.717, 1.165) is 0 Å². The van der Waals surface area contributed by atoms with Gasteiger partial charge in [-0.05, 0) is 24.3 Å². The highest BCUT2D eigenvalue weighted by Gasteiger charge is 1.56. The molecule has 0 saturated heterocycles. The third-order valence-corrected chi connectivity index (χ3v) is 0.992. The van der Waals surface area contributed by atoms with Crippen LogP contribution in [0.4, 0.5) is 0 Å². The van der Waals surface area contributed by atoms with Crippen molar-refractivity contribution in [1.82, 2.24) is 9.97 Å². The summed E-state index contributed by atoms with van der Waals surface area (Å²) in [6.07, 6.45) is 7.50. The van der Waals surface area contributed by atoms with Crippen molar-refractivity contribution in [2.24, 2.45) is 0 Å². The van der Waals surface area contributed by atoms with Crippen LogP contribution >= 0.6 is 0 Å². The number of aromatic nitrogens is 2. The van der Waals surface area contributed by atoms with Gasteiger partial charge in [-0.25, -0.2) is 0 Å². The van der Waals surface area contributed by atoms with E-state index in [4.69, 9.17) is 0 Å². The molecule has 0 aliphatic heterocycles. The van der Waals surface area contributed by atoms with E-state index in [0.29, 0.717) is 0 Å². The van der Waals surface area contributed by atoms with E-state index in [-0.39, 0.29) is 0 Å². The van der Waals surface area contributed by atoms with Crippen molar-refractivity contribution in [2.75, 3.05) is 0 Å². The first-order valence-electron chi connectivity index (χ1n) is 4.27. The molecular weight excluding hydrogens is 175 g/mol. The molecule has 68 valence electrons. The van der Waals surface area contributed by atoms with Gasteiger partial charge in [0.2, 0.25) is 0 Å². The molecule has 0 amide bonds. The summed E-state index contributed by atoms with van der Waals surface area (Å²) < 4.78 is 0. The van der Waals surface area contributed by atoms with Gasteiger partial charge in [0.1, 0.15) is 16.3 Å². The molecule has 0 unspecified atom stereocenters. The molecule has 0 bridgehead atoms. The summed E-state index contributed by atoms with van der Waals surface area (Å²) in [6.45, 7) is 2.09. The van der Waals surface area contributed by atoms with Gasteiger partial charge < -0.3 is 9.97 Å². The van der Waals surface area contributed by atoms with Crippen molar-refractivity contribution in [3.63, 3.8) is 0 Å². The Labute approximate surface area is 87.8 Å². The lowest BCUT2D eigenvalue weighted by Crippen LogP contribution is -1.41. The second-order valence-corrected chi connectivity index (χ2v) is 2.99. The molecule has 2 rings (SSSR count). The Hall–Kier alpha value is -0.908. The third-order valence-electron chi connectivity index (χ3n) is 0.992. The Bertz CT molecular complexity index is 165. The zero-order valence-corrected chi connectivity index (χ0v) is 9.06. The van der Waals surface area contributed by atoms with E-state index in [2.05, 4.69) is 33.2 Å². The van der Waals surface area contributed by atoms with Gasteiger partial charge in [-0.2, -0.15) is 0 Å². The maximum atomic E-state index is 2.86. The van der Waals surface area contributed by atoms with Gasteiger partial charge in [0.15, 0.2) is 0 Å². The van der Waals surface area contributed by atoms with Gasteiger partial charge in [-0.15, -0.1) is 5.28 Å². The van der Waals surface area contributed by atoms with E-state index in [1.54, 1.807) is 0 Å². The van der Waals surface area contributed by atoms with E-state index < -0.39 is 0 Å². The number of rotatable bonds is 0.